The first kappa shape index (κ1) is 20.9. The lowest BCUT2D eigenvalue weighted by atomic mass is 10.1. The van der Waals surface area contributed by atoms with Gasteiger partial charge in [0.05, 0.1) is 17.5 Å². The number of amides is 1. The molecule has 0 aliphatic rings. The van der Waals surface area contributed by atoms with Crippen LogP contribution in [0.1, 0.15) is 25.0 Å². The fourth-order valence-electron chi connectivity index (χ4n) is 2.59. The molecule has 0 spiro atoms. The summed E-state index contributed by atoms with van der Waals surface area (Å²) in [5.74, 6) is 0.278. The number of nitrogens with one attached hydrogen (secondary N) is 2. The molecule has 146 valence electrons. The number of sulfonamides is 1. The van der Waals surface area contributed by atoms with Gasteiger partial charge in [-0.25, -0.2) is 8.42 Å². The molecule has 0 saturated carbocycles. The van der Waals surface area contributed by atoms with Crippen molar-refractivity contribution in [3.8, 4) is 5.75 Å². The topological polar surface area (TPSA) is 84.5 Å². The summed E-state index contributed by atoms with van der Waals surface area (Å²) in [7, 11) is -3.80. The Kier molecular flexibility index (Phi) is 7.38. The number of ether oxygens (including phenoxy) is 1. The van der Waals surface area contributed by atoms with Crippen LogP contribution in [-0.2, 0) is 21.2 Å². The highest BCUT2D eigenvalue weighted by Gasteiger charge is 2.22. The number of hydrogen-bond acceptors (Lipinski definition) is 4. The minimum absolute atomic E-state index is 0.104. The zero-order chi connectivity index (χ0) is 19.9. The fraction of sp³-hybridized carbons (Fsp3) is 0.350. The van der Waals surface area contributed by atoms with Crippen LogP contribution in [0.5, 0.6) is 5.75 Å². The predicted molar refractivity (Wildman–Crippen MR) is 105 cm³/mol. The van der Waals surface area contributed by atoms with E-state index in [-0.39, 0.29) is 10.8 Å². The van der Waals surface area contributed by atoms with Crippen LogP contribution in [0.15, 0.2) is 53.4 Å². The molecule has 2 aromatic carbocycles. The summed E-state index contributed by atoms with van der Waals surface area (Å²) in [5.41, 5.74) is 1.83. The van der Waals surface area contributed by atoms with Crippen molar-refractivity contribution in [2.45, 2.75) is 38.1 Å². The molecule has 0 bridgehead atoms. The van der Waals surface area contributed by atoms with Crippen LogP contribution in [0.3, 0.4) is 0 Å². The van der Waals surface area contributed by atoms with Crippen molar-refractivity contribution in [2.24, 2.45) is 0 Å². The second-order valence-corrected chi connectivity index (χ2v) is 7.94. The van der Waals surface area contributed by atoms with Gasteiger partial charge in [-0.15, -0.1) is 0 Å². The highest BCUT2D eigenvalue weighted by atomic mass is 32.2. The van der Waals surface area contributed by atoms with Crippen molar-refractivity contribution in [2.75, 3.05) is 13.2 Å². The van der Waals surface area contributed by atoms with E-state index in [1.807, 2.05) is 37.3 Å². The number of carbonyl (C=O) groups excluding carboxylic acids is 1. The molecule has 6 nitrogen and oxygen atoms in total. The van der Waals surface area contributed by atoms with Gasteiger partial charge in [0.25, 0.3) is 0 Å². The van der Waals surface area contributed by atoms with Gasteiger partial charge in [-0.2, -0.15) is 4.72 Å². The minimum Gasteiger partial charge on any atom is -0.494 e. The third-order valence-corrected chi connectivity index (χ3v) is 5.58. The average Bonchev–Trinajstić information content (AvgIpc) is 2.64. The predicted octanol–water partition coefficient (Wildman–Crippen LogP) is 2.42. The molecule has 0 aliphatic heterocycles. The highest BCUT2D eigenvalue weighted by molar-refractivity contribution is 7.89. The summed E-state index contributed by atoms with van der Waals surface area (Å²) in [4.78, 5) is 12.3. The molecule has 2 aromatic rings. The minimum atomic E-state index is -3.80. The van der Waals surface area contributed by atoms with Crippen molar-refractivity contribution in [3.05, 3.63) is 59.7 Å². The molecular weight excluding hydrogens is 364 g/mol. The third-order valence-electron chi connectivity index (χ3n) is 4.04. The molecular formula is C20H26N2O4S. The number of carbonyl (C=O) groups is 1. The number of rotatable bonds is 9. The van der Waals surface area contributed by atoms with Gasteiger partial charge in [0.15, 0.2) is 0 Å². The Balaban J connectivity index is 1.93. The molecule has 0 heterocycles. The maximum Gasteiger partial charge on any atom is 0.241 e. The Bertz CT molecular complexity index is 867. The van der Waals surface area contributed by atoms with Crippen LogP contribution < -0.4 is 14.8 Å². The summed E-state index contributed by atoms with van der Waals surface area (Å²) in [5, 5.41) is 2.76. The quantitative estimate of drug-likeness (QED) is 0.689. The maximum atomic E-state index is 12.5. The van der Waals surface area contributed by atoms with E-state index in [4.69, 9.17) is 4.74 Å². The molecule has 0 radical (unpaired) electrons. The van der Waals surface area contributed by atoms with Crippen molar-refractivity contribution in [3.63, 3.8) is 0 Å². The Labute approximate surface area is 161 Å². The molecule has 0 unspecified atom stereocenters. The smallest absolute Gasteiger partial charge is 0.241 e. The van der Waals surface area contributed by atoms with Gasteiger partial charge in [-0.1, -0.05) is 30.3 Å². The fourth-order valence-corrected chi connectivity index (χ4v) is 3.88. The summed E-state index contributed by atoms with van der Waals surface area (Å²) < 4.78 is 32.9. The molecule has 2 rings (SSSR count). The van der Waals surface area contributed by atoms with Crippen molar-refractivity contribution < 1.29 is 17.9 Å². The SMILES string of the molecule is CCOc1ccc(S(=O)(=O)N[C@H](C)C(=O)NCCc2ccccc2)cc1C. The zero-order valence-electron chi connectivity index (χ0n) is 15.9. The Morgan fingerprint density at radius 1 is 1.15 bits per heavy atom. The number of hydrogen-bond donors (Lipinski definition) is 2. The van der Waals surface area contributed by atoms with Gasteiger partial charge >= 0.3 is 0 Å². The standard InChI is InChI=1S/C20H26N2O4S/c1-4-26-19-11-10-18(14-15(19)2)27(24,25)22-16(3)20(23)21-13-12-17-8-6-5-7-9-17/h5-11,14,16,22H,4,12-13H2,1-3H3,(H,21,23)/t16-/m1/s1. The van der Waals surface area contributed by atoms with Gasteiger partial charge in [0.1, 0.15) is 5.75 Å². The molecule has 7 heteroatoms. The first-order chi connectivity index (χ1) is 12.8. The summed E-state index contributed by atoms with van der Waals surface area (Å²) >= 11 is 0. The second-order valence-electron chi connectivity index (χ2n) is 6.23. The molecule has 2 N–H and O–H groups in total. The van der Waals surface area contributed by atoms with Gasteiger partial charge in [-0.3, -0.25) is 4.79 Å². The summed E-state index contributed by atoms with van der Waals surface area (Å²) in [6, 6.07) is 13.5. The van der Waals surface area contributed by atoms with Crippen LogP contribution in [0.4, 0.5) is 0 Å². The van der Waals surface area contributed by atoms with E-state index in [1.54, 1.807) is 13.0 Å². The molecule has 27 heavy (non-hydrogen) atoms. The van der Waals surface area contributed by atoms with Crippen LogP contribution >= 0.6 is 0 Å². The van der Waals surface area contributed by atoms with Gasteiger partial charge in [0, 0.05) is 6.54 Å². The van der Waals surface area contributed by atoms with Crippen LogP contribution in [-0.4, -0.2) is 33.5 Å². The van der Waals surface area contributed by atoms with Crippen molar-refractivity contribution in [1.29, 1.82) is 0 Å². The first-order valence-electron chi connectivity index (χ1n) is 8.91. The molecule has 0 aromatic heterocycles. The van der Waals surface area contributed by atoms with Gasteiger partial charge in [-0.05, 0) is 56.5 Å². The van der Waals surface area contributed by atoms with Crippen molar-refractivity contribution >= 4 is 15.9 Å². The average molecular weight is 391 g/mol. The maximum absolute atomic E-state index is 12.5. The lowest BCUT2D eigenvalue weighted by Crippen LogP contribution is -2.45. The van der Waals surface area contributed by atoms with Gasteiger partial charge in [0.2, 0.25) is 15.9 Å². The lowest BCUT2D eigenvalue weighted by Gasteiger charge is -2.15. The van der Waals surface area contributed by atoms with E-state index in [0.717, 1.165) is 11.1 Å². The van der Waals surface area contributed by atoms with E-state index < -0.39 is 16.1 Å². The summed E-state index contributed by atoms with van der Waals surface area (Å²) in [6.07, 6.45) is 0.685. The number of aryl methyl sites for hydroxylation is 1. The largest absolute Gasteiger partial charge is 0.494 e. The Morgan fingerprint density at radius 3 is 2.48 bits per heavy atom. The van der Waals surface area contributed by atoms with E-state index >= 15 is 0 Å². The zero-order valence-corrected chi connectivity index (χ0v) is 16.7. The lowest BCUT2D eigenvalue weighted by molar-refractivity contribution is -0.122. The second kappa shape index (κ2) is 9.53. The normalized spacial score (nSPS) is 12.4. The molecule has 0 saturated heterocycles. The van der Waals surface area contributed by atoms with Crippen LogP contribution in [0, 0.1) is 6.92 Å². The Morgan fingerprint density at radius 2 is 1.85 bits per heavy atom. The van der Waals surface area contributed by atoms with E-state index in [2.05, 4.69) is 10.0 Å². The molecule has 0 fully saturated rings. The Hall–Kier alpha value is -2.38. The van der Waals surface area contributed by atoms with E-state index in [0.29, 0.717) is 25.3 Å². The first-order valence-corrected chi connectivity index (χ1v) is 10.4. The van der Waals surface area contributed by atoms with Crippen LogP contribution in [0.25, 0.3) is 0 Å². The van der Waals surface area contributed by atoms with E-state index in [9.17, 15) is 13.2 Å². The molecule has 1 amide bonds. The molecule has 0 aliphatic carbocycles. The number of benzene rings is 2. The van der Waals surface area contributed by atoms with Gasteiger partial charge < -0.3 is 10.1 Å². The van der Waals surface area contributed by atoms with Crippen LogP contribution in [0.2, 0.25) is 0 Å². The third kappa shape index (κ3) is 6.08. The molecule has 1 atom stereocenters. The van der Waals surface area contributed by atoms with Crippen molar-refractivity contribution in [1.82, 2.24) is 10.0 Å². The monoisotopic (exact) mass is 390 g/mol. The highest BCUT2D eigenvalue weighted by Crippen LogP contribution is 2.21. The van der Waals surface area contributed by atoms with E-state index in [1.165, 1.54) is 19.1 Å². The summed E-state index contributed by atoms with van der Waals surface area (Å²) in [6.45, 7) is 6.12.